The van der Waals surface area contributed by atoms with E-state index in [1.54, 1.807) is 0 Å². The molecule has 36 heavy (non-hydrogen) atoms. The van der Waals surface area contributed by atoms with E-state index in [9.17, 15) is 14.0 Å². The molecule has 204 valence electrons. The topological polar surface area (TPSA) is 77.2 Å². The summed E-state index contributed by atoms with van der Waals surface area (Å²) in [4.78, 5) is 32.1. The molecule has 3 aliphatic heterocycles. The van der Waals surface area contributed by atoms with Crippen molar-refractivity contribution in [2.45, 2.75) is 101 Å². The maximum Gasteiger partial charge on any atom is 0.249 e. The molecule has 3 heterocycles. The van der Waals surface area contributed by atoms with E-state index in [-0.39, 0.29) is 35.9 Å². The SMILES string of the molecule is CCC(=O)N1CCN(C2CCC(NC(=O)C3CCC4CC(F)CC(N5CCNCC5)C4O3)CC2)CC1. The van der Waals surface area contributed by atoms with Crippen LogP contribution in [0, 0.1) is 5.92 Å². The monoisotopic (exact) mass is 507 g/mol. The first-order valence-electron chi connectivity index (χ1n) is 14.6. The molecule has 5 unspecified atom stereocenters. The summed E-state index contributed by atoms with van der Waals surface area (Å²) in [5, 5.41) is 6.69. The Labute approximate surface area is 215 Å². The molecule has 2 saturated carbocycles. The number of piperazine rings is 2. The Hall–Kier alpha value is -1.29. The van der Waals surface area contributed by atoms with Gasteiger partial charge in [0.25, 0.3) is 0 Å². The maximum absolute atomic E-state index is 14.6. The summed E-state index contributed by atoms with van der Waals surface area (Å²) in [6.07, 6.45) is 6.24. The standard InChI is InChI=1S/C27H46FN5O3/c1-2-25(34)33-15-13-31(14-16-33)22-6-4-21(5-7-22)30-27(35)24-8-3-19-17-20(28)18-23(26(19)36-24)32-11-9-29-10-12-32/h19-24,26,29H,2-18H2,1H3,(H,30,35). The van der Waals surface area contributed by atoms with Crippen molar-refractivity contribution in [3.05, 3.63) is 0 Å². The molecule has 2 aliphatic carbocycles. The lowest BCUT2D eigenvalue weighted by Crippen LogP contribution is -2.60. The van der Waals surface area contributed by atoms with E-state index >= 15 is 0 Å². The number of nitrogens with zero attached hydrogens (tertiary/aromatic N) is 3. The van der Waals surface area contributed by atoms with Gasteiger partial charge in [0.2, 0.25) is 11.8 Å². The second-order valence-electron chi connectivity index (χ2n) is 11.6. The van der Waals surface area contributed by atoms with Gasteiger partial charge in [-0.05, 0) is 57.3 Å². The summed E-state index contributed by atoms with van der Waals surface area (Å²) in [7, 11) is 0. The smallest absolute Gasteiger partial charge is 0.249 e. The van der Waals surface area contributed by atoms with Crippen molar-refractivity contribution in [2.24, 2.45) is 5.92 Å². The first-order chi connectivity index (χ1) is 17.5. The average Bonchev–Trinajstić information content (AvgIpc) is 2.93. The van der Waals surface area contributed by atoms with Crippen molar-refractivity contribution in [2.75, 3.05) is 52.4 Å². The molecule has 3 saturated heterocycles. The van der Waals surface area contributed by atoms with E-state index in [0.717, 1.165) is 84.5 Å². The third-order valence-corrected chi connectivity index (χ3v) is 9.46. The number of alkyl halides is 1. The predicted octanol–water partition coefficient (Wildman–Crippen LogP) is 1.54. The number of hydrogen-bond donors (Lipinski definition) is 2. The number of hydrogen-bond acceptors (Lipinski definition) is 6. The van der Waals surface area contributed by atoms with Crippen molar-refractivity contribution in [1.82, 2.24) is 25.3 Å². The number of halogens is 1. The molecule has 0 aromatic heterocycles. The van der Waals surface area contributed by atoms with Crippen molar-refractivity contribution in [3.63, 3.8) is 0 Å². The highest BCUT2D eigenvalue weighted by Crippen LogP contribution is 2.39. The van der Waals surface area contributed by atoms with Crippen LogP contribution >= 0.6 is 0 Å². The predicted molar refractivity (Wildman–Crippen MR) is 136 cm³/mol. The number of nitrogens with one attached hydrogen (secondary N) is 2. The number of ether oxygens (including phenoxy) is 1. The highest BCUT2D eigenvalue weighted by atomic mass is 19.1. The minimum atomic E-state index is -0.759. The molecule has 0 bridgehead atoms. The van der Waals surface area contributed by atoms with Crippen LogP contribution in [0.25, 0.3) is 0 Å². The minimum Gasteiger partial charge on any atom is -0.363 e. The van der Waals surface area contributed by atoms with Gasteiger partial charge in [0.15, 0.2) is 0 Å². The fraction of sp³-hybridized carbons (Fsp3) is 0.926. The molecule has 5 rings (SSSR count). The zero-order valence-corrected chi connectivity index (χ0v) is 22.0. The lowest BCUT2D eigenvalue weighted by atomic mass is 9.76. The number of carbonyl (C=O) groups excluding carboxylic acids is 2. The lowest BCUT2D eigenvalue weighted by molar-refractivity contribution is -0.166. The largest absolute Gasteiger partial charge is 0.363 e. The zero-order valence-electron chi connectivity index (χ0n) is 22.0. The van der Waals surface area contributed by atoms with E-state index in [4.69, 9.17) is 4.74 Å². The molecule has 5 aliphatic rings. The molecule has 0 aromatic carbocycles. The molecule has 5 atom stereocenters. The second kappa shape index (κ2) is 12.0. The summed E-state index contributed by atoms with van der Waals surface area (Å²) in [5.74, 6) is 0.514. The quantitative estimate of drug-likeness (QED) is 0.588. The molecule has 8 nitrogen and oxygen atoms in total. The normalized spacial score (nSPS) is 38.8. The van der Waals surface area contributed by atoms with Crippen LogP contribution in [-0.2, 0) is 14.3 Å². The van der Waals surface area contributed by atoms with Crippen LogP contribution in [0.3, 0.4) is 0 Å². The molecule has 0 aromatic rings. The van der Waals surface area contributed by atoms with Gasteiger partial charge in [0.05, 0.1) is 6.10 Å². The molecule has 2 amide bonds. The molecule has 0 radical (unpaired) electrons. The van der Waals surface area contributed by atoms with Gasteiger partial charge in [0, 0.05) is 76.9 Å². The summed E-state index contributed by atoms with van der Waals surface area (Å²) in [6, 6.07) is 0.850. The van der Waals surface area contributed by atoms with E-state index in [1.165, 1.54) is 0 Å². The van der Waals surface area contributed by atoms with Crippen molar-refractivity contribution < 1.29 is 18.7 Å². The van der Waals surface area contributed by atoms with Crippen LogP contribution in [0.1, 0.15) is 64.7 Å². The first kappa shape index (κ1) is 26.3. The Morgan fingerprint density at radius 1 is 0.917 bits per heavy atom. The van der Waals surface area contributed by atoms with Crippen LogP contribution in [0.5, 0.6) is 0 Å². The number of amides is 2. The molecule has 0 spiro atoms. The van der Waals surface area contributed by atoms with Crippen LogP contribution in [0.4, 0.5) is 4.39 Å². The highest BCUT2D eigenvalue weighted by molar-refractivity contribution is 5.81. The van der Waals surface area contributed by atoms with Crippen molar-refractivity contribution >= 4 is 11.8 Å². The molecular weight excluding hydrogens is 461 g/mol. The van der Waals surface area contributed by atoms with Gasteiger partial charge in [-0.3, -0.25) is 19.4 Å². The summed E-state index contributed by atoms with van der Waals surface area (Å²) in [6.45, 7) is 9.24. The maximum atomic E-state index is 14.6. The zero-order chi connectivity index (χ0) is 25.1. The summed E-state index contributed by atoms with van der Waals surface area (Å²) in [5.41, 5.74) is 0. The van der Waals surface area contributed by atoms with Crippen LogP contribution in [-0.4, -0.2) is 115 Å². The Balaban J connectivity index is 1.08. The molecular formula is C27H46FN5O3. The van der Waals surface area contributed by atoms with Gasteiger partial charge in [-0.25, -0.2) is 4.39 Å². The molecule has 2 N–H and O–H groups in total. The fourth-order valence-corrected chi connectivity index (χ4v) is 7.38. The Kier molecular flexibility index (Phi) is 8.81. The first-order valence-corrected chi connectivity index (χ1v) is 14.6. The van der Waals surface area contributed by atoms with E-state index < -0.39 is 12.3 Å². The second-order valence-corrected chi connectivity index (χ2v) is 11.6. The highest BCUT2D eigenvalue weighted by Gasteiger charge is 2.46. The molecule has 9 heteroatoms. The summed E-state index contributed by atoms with van der Waals surface area (Å²) < 4.78 is 21.0. The van der Waals surface area contributed by atoms with Crippen LogP contribution in [0.15, 0.2) is 0 Å². The Morgan fingerprint density at radius 2 is 1.64 bits per heavy atom. The van der Waals surface area contributed by atoms with E-state index in [2.05, 4.69) is 20.4 Å². The van der Waals surface area contributed by atoms with E-state index in [1.807, 2.05) is 11.8 Å². The van der Waals surface area contributed by atoms with Crippen LogP contribution in [0.2, 0.25) is 0 Å². The Bertz CT molecular complexity index is 750. The van der Waals surface area contributed by atoms with Gasteiger partial charge in [-0.15, -0.1) is 0 Å². The third-order valence-electron chi connectivity index (χ3n) is 9.46. The van der Waals surface area contributed by atoms with Gasteiger partial charge in [-0.2, -0.15) is 0 Å². The van der Waals surface area contributed by atoms with Gasteiger partial charge in [0.1, 0.15) is 12.3 Å². The number of rotatable bonds is 5. The minimum absolute atomic E-state index is 0.0324. The third kappa shape index (κ3) is 6.05. The van der Waals surface area contributed by atoms with Gasteiger partial charge < -0.3 is 20.3 Å². The number of fused-ring (bicyclic) bond motifs is 1. The van der Waals surface area contributed by atoms with Crippen molar-refractivity contribution in [1.29, 1.82) is 0 Å². The van der Waals surface area contributed by atoms with Gasteiger partial charge >= 0.3 is 0 Å². The van der Waals surface area contributed by atoms with Crippen LogP contribution < -0.4 is 10.6 Å². The molecule has 5 fully saturated rings. The number of carbonyl (C=O) groups is 2. The van der Waals surface area contributed by atoms with Crippen molar-refractivity contribution in [3.8, 4) is 0 Å². The lowest BCUT2D eigenvalue weighted by Gasteiger charge is -2.49. The van der Waals surface area contributed by atoms with E-state index in [0.29, 0.717) is 31.7 Å². The summed E-state index contributed by atoms with van der Waals surface area (Å²) >= 11 is 0. The Morgan fingerprint density at radius 3 is 2.33 bits per heavy atom. The van der Waals surface area contributed by atoms with Gasteiger partial charge in [-0.1, -0.05) is 6.92 Å². The average molecular weight is 508 g/mol. The fourth-order valence-electron chi connectivity index (χ4n) is 7.38.